The van der Waals surface area contributed by atoms with Crippen molar-refractivity contribution in [2.45, 2.75) is 6.61 Å². The van der Waals surface area contributed by atoms with E-state index in [1.54, 1.807) is 48.5 Å². The third kappa shape index (κ3) is 6.47. The Kier molecular flexibility index (Phi) is 7.60. The van der Waals surface area contributed by atoms with Crippen molar-refractivity contribution in [3.8, 4) is 17.6 Å². The van der Waals surface area contributed by atoms with Crippen LogP contribution in [-0.4, -0.2) is 23.6 Å². The highest BCUT2D eigenvalue weighted by Crippen LogP contribution is 2.22. The highest BCUT2D eigenvalue weighted by atomic mass is 16.5. The van der Waals surface area contributed by atoms with Gasteiger partial charge in [-0.1, -0.05) is 48.5 Å². The number of nitrogens with one attached hydrogen (secondary N) is 1. The fraction of sp³-hybridized carbons (Fsp3) is 0.0800. The van der Waals surface area contributed by atoms with Crippen LogP contribution < -0.4 is 14.8 Å². The fourth-order valence-corrected chi connectivity index (χ4v) is 2.75. The summed E-state index contributed by atoms with van der Waals surface area (Å²) >= 11 is 0. The number of hydrogen-bond donors (Lipinski definition) is 2. The summed E-state index contributed by atoms with van der Waals surface area (Å²) in [6.45, 7) is -0.102. The Bertz CT molecular complexity index is 1150. The van der Waals surface area contributed by atoms with Crippen LogP contribution in [0.4, 0.5) is 5.69 Å². The molecule has 0 spiro atoms. The number of hydrogen-bond acceptors (Lipinski definition) is 5. The number of rotatable bonds is 9. The first kappa shape index (κ1) is 22.1. The highest BCUT2D eigenvalue weighted by Gasteiger charge is 2.12. The van der Waals surface area contributed by atoms with E-state index in [0.29, 0.717) is 23.6 Å². The summed E-state index contributed by atoms with van der Waals surface area (Å²) in [6.07, 6.45) is 1.35. The van der Waals surface area contributed by atoms with Crippen molar-refractivity contribution < 1.29 is 24.2 Å². The molecule has 0 saturated heterocycles. The first-order chi connectivity index (χ1) is 15.5. The largest absolute Gasteiger partial charge is 0.489 e. The standard InChI is InChI=1S/C25H20N2O5/c26-15-20(14-19-8-4-5-9-23(19)32-17-24(28)29)25(30)27-21-10-12-22(13-11-21)31-16-18-6-2-1-3-7-18/h1-14H,16-17H2,(H,27,30)(H,28,29)/b20-14+. The van der Waals surface area contributed by atoms with E-state index in [-0.39, 0.29) is 11.3 Å². The second kappa shape index (κ2) is 11.0. The maximum Gasteiger partial charge on any atom is 0.341 e. The summed E-state index contributed by atoms with van der Waals surface area (Å²) in [4.78, 5) is 23.3. The lowest BCUT2D eigenvalue weighted by molar-refractivity contribution is -0.139. The van der Waals surface area contributed by atoms with Gasteiger partial charge in [0.1, 0.15) is 29.7 Å². The number of carboxylic acid groups (broad SMARTS) is 1. The number of aliphatic carboxylic acids is 1. The molecule has 3 rings (SSSR count). The van der Waals surface area contributed by atoms with E-state index in [0.717, 1.165) is 5.56 Å². The zero-order valence-corrected chi connectivity index (χ0v) is 17.0. The maximum absolute atomic E-state index is 12.6. The van der Waals surface area contributed by atoms with Crippen molar-refractivity contribution in [1.82, 2.24) is 0 Å². The first-order valence-electron chi connectivity index (χ1n) is 9.68. The van der Waals surface area contributed by atoms with Crippen LogP contribution in [0.25, 0.3) is 6.08 Å². The van der Waals surface area contributed by atoms with E-state index in [9.17, 15) is 14.9 Å². The molecule has 7 nitrogen and oxygen atoms in total. The van der Waals surface area contributed by atoms with Gasteiger partial charge in [0.2, 0.25) is 0 Å². The van der Waals surface area contributed by atoms with Crippen LogP contribution >= 0.6 is 0 Å². The quantitative estimate of drug-likeness (QED) is 0.389. The van der Waals surface area contributed by atoms with E-state index in [2.05, 4.69) is 5.32 Å². The van der Waals surface area contributed by atoms with E-state index in [1.807, 2.05) is 36.4 Å². The van der Waals surface area contributed by atoms with Crippen molar-refractivity contribution in [3.63, 3.8) is 0 Å². The Morgan fingerprint density at radius 2 is 1.62 bits per heavy atom. The lowest BCUT2D eigenvalue weighted by atomic mass is 10.1. The van der Waals surface area contributed by atoms with Gasteiger partial charge in [-0.3, -0.25) is 4.79 Å². The lowest BCUT2D eigenvalue weighted by Gasteiger charge is -2.09. The van der Waals surface area contributed by atoms with Crippen LogP contribution in [0.2, 0.25) is 0 Å². The molecule has 0 unspecified atom stereocenters. The smallest absolute Gasteiger partial charge is 0.341 e. The molecule has 0 saturated carbocycles. The van der Waals surface area contributed by atoms with Gasteiger partial charge >= 0.3 is 5.97 Å². The third-order valence-electron chi connectivity index (χ3n) is 4.30. The van der Waals surface area contributed by atoms with Gasteiger partial charge in [0.05, 0.1) is 0 Å². The molecule has 0 heterocycles. The van der Waals surface area contributed by atoms with E-state index >= 15 is 0 Å². The molecule has 0 atom stereocenters. The van der Waals surface area contributed by atoms with Gasteiger partial charge in [0.15, 0.2) is 6.61 Å². The molecule has 1 amide bonds. The number of amides is 1. The Morgan fingerprint density at radius 1 is 0.938 bits per heavy atom. The molecule has 0 radical (unpaired) electrons. The maximum atomic E-state index is 12.6. The normalized spacial score (nSPS) is 10.7. The van der Waals surface area contributed by atoms with Crippen LogP contribution in [0.15, 0.2) is 84.4 Å². The Hall–Kier alpha value is -4.57. The zero-order chi connectivity index (χ0) is 22.8. The molecule has 2 N–H and O–H groups in total. The van der Waals surface area contributed by atoms with Gasteiger partial charge < -0.3 is 19.9 Å². The predicted molar refractivity (Wildman–Crippen MR) is 119 cm³/mol. The summed E-state index contributed by atoms with van der Waals surface area (Å²) in [7, 11) is 0. The van der Waals surface area contributed by atoms with Crippen LogP contribution in [0.5, 0.6) is 11.5 Å². The van der Waals surface area contributed by atoms with Gasteiger partial charge in [-0.2, -0.15) is 5.26 Å². The minimum Gasteiger partial charge on any atom is -0.489 e. The number of benzene rings is 3. The van der Waals surface area contributed by atoms with Gasteiger partial charge in [-0.15, -0.1) is 0 Å². The number of nitrogens with zero attached hydrogens (tertiary/aromatic N) is 1. The van der Waals surface area contributed by atoms with Gasteiger partial charge in [0, 0.05) is 11.3 Å². The molecule has 3 aromatic rings. The van der Waals surface area contributed by atoms with Gasteiger partial charge in [0.25, 0.3) is 5.91 Å². The molecule has 0 aliphatic heterocycles. The van der Waals surface area contributed by atoms with Crippen LogP contribution in [0, 0.1) is 11.3 Å². The SMILES string of the molecule is N#C/C(=C\c1ccccc1OCC(=O)O)C(=O)Nc1ccc(OCc2ccccc2)cc1. The van der Waals surface area contributed by atoms with E-state index in [1.165, 1.54) is 6.08 Å². The van der Waals surface area contributed by atoms with Crippen molar-refractivity contribution in [2.24, 2.45) is 0 Å². The van der Waals surface area contributed by atoms with Gasteiger partial charge in [-0.05, 0) is 42.0 Å². The summed E-state index contributed by atoms with van der Waals surface area (Å²) in [5.41, 5.74) is 1.81. The fourth-order valence-electron chi connectivity index (χ4n) is 2.75. The average Bonchev–Trinajstić information content (AvgIpc) is 2.82. The third-order valence-corrected chi connectivity index (χ3v) is 4.30. The van der Waals surface area contributed by atoms with Crippen LogP contribution in [0.3, 0.4) is 0 Å². The molecule has 0 aromatic heterocycles. The Morgan fingerprint density at radius 3 is 2.31 bits per heavy atom. The lowest BCUT2D eigenvalue weighted by Crippen LogP contribution is -2.13. The first-order valence-corrected chi connectivity index (χ1v) is 9.68. The average molecular weight is 428 g/mol. The monoisotopic (exact) mass is 428 g/mol. The highest BCUT2D eigenvalue weighted by molar-refractivity contribution is 6.09. The summed E-state index contributed by atoms with van der Waals surface area (Å²) < 4.78 is 10.9. The molecular formula is C25H20N2O5. The number of para-hydroxylation sites is 1. The topological polar surface area (TPSA) is 109 Å². The second-order valence-corrected chi connectivity index (χ2v) is 6.64. The molecule has 0 aliphatic carbocycles. The van der Waals surface area contributed by atoms with E-state index < -0.39 is 18.5 Å². The zero-order valence-electron chi connectivity index (χ0n) is 17.0. The molecule has 0 fully saturated rings. The molecule has 7 heteroatoms. The molecule has 3 aromatic carbocycles. The predicted octanol–water partition coefficient (Wildman–Crippen LogP) is 4.27. The molecule has 0 bridgehead atoms. The minimum atomic E-state index is -1.13. The molecular weight excluding hydrogens is 408 g/mol. The number of carboxylic acids is 1. The summed E-state index contributed by atoms with van der Waals surface area (Å²) in [5, 5.41) is 20.9. The Balaban J connectivity index is 1.65. The van der Waals surface area contributed by atoms with Crippen molar-refractivity contribution >= 4 is 23.6 Å². The van der Waals surface area contributed by atoms with Crippen molar-refractivity contribution in [1.29, 1.82) is 5.26 Å². The van der Waals surface area contributed by atoms with Crippen molar-refractivity contribution in [2.75, 3.05) is 11.9 Å². The van der Waals surface area contributed by atoms with Crippen LogP contribution in [0.1, 0.15) is 11.1 Å². The molecule has 32 heavy (non-hydrogen) atoms. The number of carbonyl (C=O) groups excluding carboxylic acids is 1. The summed E-state index contributed by atoms with van der Waals surface area (Å²) in [5.74, 6) is -0.820. The number of ether oxygens (including phenoxy) is 2. The van der Waals surface area contributed by atoms with Crippen LogP contribution in [-0.2, 0) is 16.2 Å². The number of carbonyl (C=O) groups is 2. The molecule has 0 aliphatic rings. The molecule has 160 valence electrons. The second-order valence-electron chi connectivity index (χ2n) is 6.64. The summed E-state index contributed by atoms with van der Waals surface area (Å²) in [6, 6.07) is 25.0. The van der Waals surface area contributed by atoms with Crippen molar-refractivity contribution in [3.05, 3.63) is 95.6 Å². The number of nitriles is 1. The Labute approximate surface area is 185 Å². The number of anilines is 1. The minimum absolute atomic E-state index is 0.152. The van der Waals surface area contributed by atoms with E-state index in [4.69, 9.17) is 14.6 Å². The van der Waals surface area contributed by atoms with Gasteiger partial charge in [-0.25, -0.2) is 4.79 Å².